The van der Waals surface area contributed by atoms with Gasteiger partial charge >= 0.3 is 93.8 Å². The molecule has 0 aliphatic rings. The molecule has 0 amide bonds. The van der Waals surface area contributed by atoms with Gasteiger partial charge in [-0.15, -0.1) is 0 Å². The number of rotatable bonds is 3. The average Bonchev–Trinajstić information content (AvgIpc) is 1.97. The molecule has 0 N–H and O–H groups in total. The Morgan fingerprint density at radius 1 is 1.50 bits per heavy atom. The second kappa shape index (κ2) is 5.51. The van der Waals surface area contributed by atoms with Crippen molar-refractivity contribution in [1.82, 2.24) is 0 Å². The summed E-state index contributed by atoms with van der Waals surface area (Å²) in [6.07, 6.45) is 2.27. The first kappa shape index (κ1) is 12.8. The molecule has 0 aliphatic heterocycles. The van der Waals surface area contributed by atoms with Crippen molar-refractivity contribution < 1.29 is 4.79 Å². The van der Waals surface area contributed by atoms with Gasteiger partial charge in [0.2, 0.25) is 0 Å². The predicted molar refractivity (Wildman–Crippen MR) is 55.3 cm³/mol. The Balaban J connectivity index is 4.42. The fourth-order valence-electron chi connectivity index (χ4n) is 0.533. The molecule has 0 spiro atoms. The zero-order valence-corrected chi connectivity index (χ0v) is 10.7. The summed E-state index contributed by atoms with van der Waals surface area (Å²) in [5.74, 6) is 1.57. The van der Waals surface area contributed by atoms with Crippen molar-refractivity contribution in [2.75, 3.05) is 0 Å². The van der Waals surface area contributed by atoms with Crippen LogP contribution in [0.1, 0.15) is 13.3 Å². The van der Waals surface area contributed by atoms with Crippen LogP contribution in [0.5, 0.6) is 0 Å². The van der Waals surface area contributed by atoms with Gasteiger partial charge in [-0.25, -0.2) is 0 Å². The number of carbonyl (C=O) groups excluding carboxylic acids is 1. The Morgan fingerprint density at radius 3 is 2.25 bits per heavy atom. The number of carbonyl (C=O) groups is 1. The fourth-order valence-corrected chi connectivity index (χ4v) is 1.77. The van der Waals surface area contributed by atoms with Gasteiger partial charge in [0.25, 0.3) is 0 Å². The second-order valence-corrected chi connectivity index (χ2v) is 6.27. The molecule has 0 rings (SSSR count). The Labute approximate surface area is 93.6 Å². The van der Waals surface area contributed by atoms with Crippen LogP contribution in [0.25, 0.3) is 0 Å². The third-order valence-electron chi connectivity index (χ3n) is 1.18. The van der Waals surface area contributed by atoms with E-state index in [1.807, 2.05) is 12.7 Å². The van der Waals surface area contributed by atoms with Crippen LogP contribution >= 0.6 is 34.8 Å². The van der Waals surface area contributed by atoms with E-state index in [1.165, 1.54) is 6.08 Å². The minimum absolute atomic E-state index is 0.306. The number of allylic oxidation sites excluding steroid dienone is 2. The number of halogens is 3. The first-order valence-corrected chi connectivity index (χ1v) is 6.97. The van der Waals surface area contributed by atoms with Crippen molar-refractivity contribution in [3.63, 3.8) is 0 Å². The Hall–Kier alpha value is 0.799. The van der Waals surface area contributed by atoms with Gasteiger partial charge in [-0.05, 0) is 0 Å². The van der Waals surface area contributed by atoms with Crippen LogP contribution in [-0.4, -0.2) is 24.5 Å². The molecule has 0 saturated carbocycles. The van der Waals surface area contributed by atoms with E-state index in [0.717, 1.165) is 10.9 Å². The quantitative estimate of drug-likeness (QED) is 0.444. The van der Waals surface area contributed by atoms with E-state index in [4.69, 9.17) is 34.8 Å². The molecule has 0 atom stereocenters. The first-order chi connectivity index (χ1) is 5.41. The van der Waals surface area contributed by atoms with E-state index in [1.54, 1.807) is 0 Å². The van der Waals surface area contributed by atoms with Crippen molar-refractivity contribution in [3.8, 4) is 0 Å². The van der Waals surface area contributed by atoms with Gasteiger partial charge in [-0.2, -0.15) is 0 Å². The topological polar surface area (TPSA) is 17.1 Å². The third-order valence-corrected chi connectivity index (χ3v) is 3.69. The number of alkyl halides is 3. The van der Waals surface area contributed by atoms with Crippen molar-refractivity contribution in [2.24, 2.45) is 0 Å². The van der Waals surface area contributed by atoms with Gasteiger partial charge in [0.15, 0.2) is 0 Å². The normalized spacial score (nSPS) is 13.2. The van der Waals surface area contributed by atoms with Crippen molar-refractivity contribution in [1.29, 1.82) is 0 Å². The molecule has 1 nitrogen and oxygen atoms in total. The summed E-state index contributed by atoms with van der Waals surface area (Å²) in [6.45, 7) is 1.97. The van der Waals surface area contributed by atoms with E-state index in [0.29, 0.717) is 15.0 Å². The molecule has 0 fully saturated rings. The van der Waals surface area contributed by atoms with Gasteiger partial charge in [-0.3, -0.25) is 0 Å². The van der Waals surface area contributed by atoms with E-state index in [9.17, 15) is 4.79 Å². The van der Waals surface area contributed by atoms with Crippen LogP contribution in [0.15, 0.2) is 10.5 Å². The maximum absolute atomic E-state index is 11.1. The van der Waals surface area contributed by atoms with Crippen LogP contribution < -0.4 is 0 Å². The SMILES string of the molecule is CC/C(=C\C(=O)C(Cl)(Cl)Cl)[Se]C. The van der Waals surface area contributed by atoms with Crippen LogP contribution in [0.2, 0.25) is 5.82 Å². The van der Waals surface area contributed by atoms with Gasteiger partial charge in [0, 0.05) is 0 Å². The molecule has 0 unspecified atom stereocenters. The Kier molecular flexibility index (Phi) is 5.88. The maximum atomic E-state index is 11.1. The molecule has 0 bridgehead atoms. The number of hydrogen-bond donors (Lipinski definition) is 0. The summed E-state index contributed by atoms with van der Waals surface area (Å²) in [6, 6.07) is 0. The molecule has 0 saturated heterocycles. The molecule has 0 aromatic carbocycles. The van der Waals surface area contributed by atoms with E-state index in [-0.39, 0.29) is 0 Å². The molecule has 0 aromatic heterocycles. The molecule has 12 heavy (non-hydrogen) atoms. The minimum atomic E-state index is -1.80. The zero-order valence-electron chi connectivity index (χ0n) is 6.73. The van der Waals surface area contributed by atoms with Gasteiger partial charge in [0.05, 0.1) is 0 Å². The van der Waals surface area contributed by atoms with Crippen LogP contribution in [0, 0.1) is 0 Å². The molecule has 0 heterocycles. The summed E-state index contributed by atoms with van der Waals surface area (Å²) in [7, 11) is 0. The molecule has 0 aliphatic carbocycles. The molecule has 0 radical (unpaired) electrons. The standard InChI is InChI=1S/C7H9Cl3OSe/c1-3-5(12-2)4-6(11)7(8,9)10/h4H,3H2,1-2H3/b5-4+. The van der Waals surface area contributed by atoms with E-state index >= 15 is 0 Å². The zero-order chi connectivity index (χ0) is 9.78. The first-order valence-electron chi connectivity index (χ1n) is 3.27. The molecule has 5 heteroatoms. The van der Waals surface area contributed by atoms with Gasteiger partial charge < -0.3 is 0 Å². The van der Waals surface area contributed by atoms with Crippen molar-refractivity contribution >= 4 is 55.5 Å². The van der Waals surface area contributed by atoms with E-state index < -0.39 is 9.58 Å². The number of hydrogen-bond acceptors (Lipinski definition) is 1. The average molecular weight is 294 g/mol. The van der Waals surface area contributed by atoms with Crippen molar-refractivity contribution in [3.05, 3.63) is 10.5 Å². The summed E-state index contributed by atoms with van der Waals surface area (Å²) in [4.78, 5) is 11.1. The van der Waals surface area contributed by atoms with Crippen LogP contribution in [0.3, 0.4) is 0 Å². The second-order valence-electron chi connectivity index (χ2n) is 2.03. The summed E-state index contributed by atoms with van der Waals surface area (Å²) >= 11 is 16.5. The monoisotopic (exact) mass is 294 g/mol. The third kappa shape index (κ3) is 4.73. The Bertz CT molecular complexity index is 189. The summed E-state index contributed by atoms with van der Waals surface area (Å²) < 4.78 is -0.745. The molecular weight excluding hydrogens is 285 g/mol. The van der Waals surface area contributed by atoms with Crippen molar-refractivity contribution in [2.45, 2.75) is 23.0 Å². The molecular formula is C7H9Cl3OSe. The summed E-state index contributed by atoms with van der Waals surface area (Å²) in [5.41, 5.74) is 0. The fraction of sp³-hybridized carbons (Fsp3) is 0.571. The van der Waals surface area contributed by atoms with Gasteiger partial charge in [-0.1, -0.05) is 0 Å². The van der Waals surface area contributed by atoms with Gasteiger partial charge in [0.1, 0.15) is 0 Å². The molecule has 0 aromatic rings. The number of ketones is 1. The van der Waals surface area contributed by atoms with Crippen LogP contribution in [0.4, 0.5) is 0 Å². The Morgan fingerprint density at radius 2 is 2.00 bits per heavy atom. The summed E-state index contributed by atoms with van der Waals surface area (Å²) in [5, 5.41) is 0. The van der Waals surface area contributed by atoms with Crippen LogP contribution in [-0.2, 0) is 4.79 Å². The van der Waals surface area contributed by atoms with E-state index in [2.05, 4.69) is 0 Å². The predicted octanol–water partition coefficient (Wildman–Crippen LogP) is 2.97. The molecule has 70 valence electrons.